The number of carbonyl (C=O) groups excluding carboxylic acids is 6. The summed E-state index contributed by atoms with van der Waals surface area (Å²) < 4.78 is 69.4. The number of imide groups is 1. The van der Waals surface area contributed by atoms with E-state index in [1.165, 1.54) is 11.0 Å². The summed E-state index contributed by atoms with van der Waals surface area (Å²) in [5, 5.41) is 2.21. The minimum atomic E-state index is -1.70. The molecule has 0 aliphatic carbocycles. The van der Waals surface area contributed by atoms with Gasteiger partial charge in [-0.1, -0.05) is 0 Å². The fraction of sp³-hybridized carbons (Fsp3) is 0.486. The Hall–Kier alpha value is -4.50. The number of carbonyl (C=O) groups is 6. The Kier molecular flexibility index (Phi) is 10.0. The molecule has 11 nitrogen and oxygen atoms in total. The van der Waals surface area contributed by atoms with Crippen molar-refractivity contribution in [3.63, 3.8) is 0 Å². The van der Waals surface area contributed by atoms with E-state index in [1.54, 1.807) is 18.7 Å². The molecule has 0 aromatic heterocycles. The largest absolute Gasteiger partial charge is 0.372 e. The average Bonchev–Trinajstić information content (AvgIpc) is 3.01. The van der Waals surface area contributed by atoms with Gasteiger partial charge < -0.3 is 19.3 Å². The van der Waals surface area contributed by atoms with E-state index in [-0.39, 0.29) is 53.8 Å². The Morgan fingerprint density at radius 3 is 1.90 bits per heavy atom. The van der Waals surface area contributed by atoms with Crippen LogP contribution in [0.2, 0.25) is 0 Å². The lowest BCUT2D eigenvalue weighted by molar-refractivity contribution is -0.158. The maximum atomic E-state index is 15.1. The molecule has 0 radical (unpaired) electrons. The summed E-state index contributed by atoms with van der Waals surface area (Å²) in [4.78, 5) is 75.2. The van der Waals surface area contributed by atoms with Gasteiger partial charge in [-0.3, -0.25) is 34.1 Å². The lowest BCUT2D eigenvalue weighted by atomic mass is 9.63. The smallest absolute Gasteiger partial charge is 0.242 e. The summed E-state index contributed by atoms with van der Waals surface area (Å²) >= 11 is 0. The van der Waals surface area contributed by atoms with Gasteiger partial charge in [0.25, 0.3) is 0 Å². The number of nitrogens with one attached hydrogen (secondary N) is 1. The number of rotatable bonds is 4. The number of ether oxygens (including phenoxy) is 2. The van der Waals surface area contributed by atoms with Gasteiger partial charge in [-0.25, -0.2) is 17.6 Å². The molecule has 0 unspecified atom stereocenters. The maximum Gasteiger partial charge on any atom is 0.242 e. The number of fused-ring (bicyclic) bond motifs is 4. The Balaban J connectivity index is 0.000000205. The van der Waals surface area contributed by atoms with E-state index in [0.717, 1.165) is 19.9 Å². The molecule has 4 heterocycles. The number of benzene rings is 2. The third-order valence-electron chi connectivity index (χ3n) is 9.51. The number of ketones is 3. The molecule has 1 spiro atoms. The minimum Gasteiger partial charge on any atom is -0.372 e. The average molecular weight is 704 g/mol. The minimum absolute atomic E-state index is 0.0274. The molecule has 6 rings (SSSR count). The summed E-state index contributed by atoms with van der Waals surface area (Å²) in [7, 11) is 0. The molecule has 4 aliphatic rings. The molecule has 268 valence electrons. The summed E-state index contributed by atoms with van der Waals surface area (Å²) in [6.07, 6.45) is -1.66. The SMILES string of the molecule is CC(=O)c1cc(C=O)c(N2C[C@@H](C)O[C@@H](C)C2)c(F)c1F.CC(=O)c1cc2c(c(F)c1F)N1C[C@@H](C)O[C@@H](C)[C@@H]1[C@@]1(C2)C(=O)CC(=O)NC1=O. The highest BCUT2D eigenvalue weighted by molar-refractivity contribution is 6.22. The molecular formula is C35H37F4N3O8. The normalized spacial score (nSPS) is 27.6. The van der Waals surface area contributed by atoms with Crippen LogP contribution < -0.4 is 15.1 Å². The van der Waals surface area contributed by atoms with Gasteiger partial charge in [0.05, 0.1) is 59.4 Å². The number of hydrogen-bond donors (Lipinski definition) is 1. The van der Waals surface area contributed by atoms with E-state index >= 15 is 4.39 Å². The van der Waals surface area contributed by atoms with Crippen LogP contribution in [0, 0.1) is 28.7 Å². The van der Waals surface area contributed by atoms with Gasteiger partial charge in [-0.15, -0.1) is 0 Å². The molecule has 0 bridgehead atoms. The number of piperidine rings is 1. The van der Waals surface area contributed by atoms with E-state index in [0.29, 0.717) is 19.4 Å². The first-order valence-corrected chi connectivity index (χ1v) is 16.1. The first-order chi connectivity index (χ1) is 23.4. The number of morpholine rings is 2. The third kappa shape index (κ3) is 6.21. The van der Waals surface area contributed by atoms with Gasteiger partial charge in [0, 0.05) is 25.2 Å². The summed E-state index contributed by atoms with van der Waals surface area (Å²) in [6, 6.07) is 1.40. The molecule has 3 fully saturated rings. The van der Waals surface area contributed by atoms with Crippen LogP contribution in [0.3, 0.4) is 0 Å². The topological polar surface area (TPSA) is 139 Å². The van der Waals surface area contributed by atoms with Crippen molar-refractivity contribution in [3.05, 3.63) is 57.7 Å². The molecule has 1 N–H and O–H groups in total. The van der Waals surface area contributed by atoms with E-state index in [4.69, 9.17) is 9.47 Å². The highest BCUT2D eigenvalue weighted by atomic mass is 19.2. The highest BCUT2D eigenvalue weighted by Gasteiger charge is 2.62. The van der Waals surface area contributed by atoms with Gasteiger partial charge in [0.1, 0.15) is 5.41 Å². The molecule has 4 aliphatic heterocycles. The molecule has 3 saturated heterocycles. The zero-order valence-electron chi connectivity index (χ0n) is 28.3. The molecular weight excluding hydrogens is 666 g/mol. The molecule has 15 heteroatoms. The van der Waals surface area contributed by atoms with E-state index in [2.05, 4.69) is 5.32 Å². The molecule has 2 amide bonds. The molecule has 50 heavy (non-hydrogen) atoms. The summed E-state index contributed by atoms with van der Waals surface area (Å²) in [6.45, 7) is 10.1. The Labute approximate surface area is 285 Å². The van der Waals surface area contributed by atoms with Crippen molar-refractivity contribution < 1.29 is 55.8 Å². The zero-order chi connectivity index (χ0) is 37.0. The predicted octanol–water partition coefficient (Wildman–Crippen LogP) is 3.90. The fourth-order valence-corrected chi connectivity index (χ4v) is 7.66. The second kappa shape index (κ2) is 13.7. The summed E-state index contributed by atoms with van der Waals surface area (Å²) in [5.41, 5.74) is -2.56. The quantitative estimate of drug-likeness (QED) is 0.164. The van der Waals surface area contributed by atoms with Crippen LogP contribution in [0.5, 0.6) is 0 Å². The number of nitrogens with zero attached hydrogens (tertiary/aromatic N) is 2. The second-order valence-electron chi connectivity index (χ2n) is 13.3. The Morgan fingerprint density at radius 2 is 1.36 bits per heavy atom. The lowest BCUT2D eigenvalue weighted by Crippen LogP contribution is -2.72. The van der Waals surface area contributed by atoms with Crippen molar-refractivity contribution >= 4 is 46.8 Å². The van der Waals surface area contributed by atoms with E-state index < -0.39 is 87.5 Å². The van der Waals surface area contributed by atoms with E-state index in [1.807, 2.05) is 13.8 Å². The van der Waals surface area contributed by atoms with Crippen LogP contribution in [0.1, 0.15) is 84.6 Å². The van der Waals surface area contributed by atoms with Crippen LogP contribution in [-0.4, -0.2) is 85.5 Å². The number of aldehydes is 1. The maximum absolute atomic E-state index is 15.1. The van der Waals surface area contributed by atoms with Crippen molar-refractivity contribution in [2.75, 3.05) is 29.4 Å². The molecule has 2 aromatic rings. The van der Waals surface area contributed by atoms with Crippen LogP contribution in [0.25, 0.3) is 0 Å². The van der Waals surface area contributed by atoms with Crippen molar-refractivity contribution in [1.82, 2.24) is 5.32 Å². The van der Waals surface area contributed by atoms with Crippen LogP contribution in [0.4, 0.5) is 28.9 Å². The van der Waals surface area contributed by atoms with Crippen LogP contribution in [0.15, 0.2) is 12.1 Å². The van der Waals surface area contributed by atoms with Crippen LogP contribution in [-0.2, 0) is 30.3 Å². The number of amides is 2. The summed E-state index contributed by atoms with van der Waals surface area (Å²) in [5.74, 6) is -8.18. The van der Waals surface area contributed by atoms with Gasteiger partial charge in [-0.05, 0) is 65.7 Å². The standard InChI is InChI=1S/C20H20F2N2O5.C15H17F2NO3/c1-8-7-24-17-11(4-12(9(2)25)15(21)16(17)22)6-20(18(24)10(3)29-8)13(26)5-14(27)23-19(20)28;1-8-5-18(6-9(2)21-8)15-11(7-19)4-12(10(3)20)13(16)14(15)17/h4,8,10,18H,5-7H2,1-3H3,(H,23,27,28);4,7-9H,5-6H2,1-3H3/t8-,10+,18-,20-;8-,9+/m1./s1. The zero-order valence-corrected chi connectivity index (χ0v) is 28.3. The second-order valence-corrected chi connectivity index (χ2v) is 13.3. The number of Topliss-reactive ketones (excluding diaryl/α,β-unsaturated/α-hetero) is 3. The Bertz CT molecular complexity index is 1790. The van der Waals surface area contributed by atoms with Crippen molar-refractivity contribution in [1.29, 1.82) is 0 Å². The van der Waals surface area contributed by atoms with Gasteiger partial charge >= 0.3 is 0 Å². The number of halogens is 4. The molecule has 0 saturated carbocycles. The van der Waals surface area contributed by atoms with Crippen molar-refractivity contribution in [2.45, 2.75) is 84.8 Å². The third-order valence-corrected chi connectivity index (χ3v) is 9.51. The first-order valence-electron chi connectivity index (χ1n) is 16.1. The number of hydrogen-bond acceptors (Lipinski definition) is 10. The molecule has 6 atom stereocenters. The van der Waals surface area contributed by atoms with Gasteiger partial charge in [0.2, 0.25) is 11.8 Å². The Morgan fingerprint density at radius 1 is 0.820 bits per heavy atom. The predicted molar refractivity (Wildman–Crippen MR) is 170 cm³/mol. The fourth-order valence-electron chi connectivity index (χ4n) is 7.66. The van der Waals surface area contributed by atoms with E-state index in [9.17, 15) is 41.9 Å². The van der Waals surface area contributed by atoms with Crippen molar-refractivity contribution in [2.24, 2.45) is 5.41 Å². The van der Waals surface area contributed by atoms with Gasteiger partial charge in [0.15, 0.2) is 46.9 Å². The van der Waals surface area contributed by atoms with Crippen LogP contribution >= 0.6 is 0 Å². The molecule has 2 aromatic carbocycles. The van der Waals surface area contributed by atoms with Crippen molar-refractivity contribution in [3.8, 4) is 0 Å². The monoisotopic (exact) mass is 703 g/mol. The van der Waals surface area contributed by atoms with Gasteiger partial charge in [-0.2, -0.15) is 0 Å². The number of anilines is 2. The first kappa shape index (κ1) is 36.8. The highest BCUT2D eigenvalue weighted by Crippen LogP contribution is 2.49. The lowest BCUT2D eigenvalue weighted by Gasteiger charge is -2.55.